The van der Waals surface area contributed by atoms with Crippen molar-refractivity contribution in [3.05, 3.63) is 62.8 Å². The predicted octanol–water partition coefficient (Wildman–Crippen LogP) is 4.90. The van der Waals surface area contributed by atoms with E-state index in [1.54, 1.807) is 23.0 Å². The van der Waals surface area contributed by atoms with Crippen LogP contribution in [-0.2, 0) is 13.0 Å². The zero-order valence-corrected chi connectivity index (χ0v) is 15.8. The number of rotatable bonds is 6. The van der Waals surface area contributed by atoms with Crippen LogP contribution in [0.15, 0.2) is 35.8 Å². The standard InChI is InChI=1S/C17H16Cl2N4OS/c1-2-3-12-9-15(16(24)21-17-20-6-7-25-17)23(22-12)10-11-4-5-13(18)14(19)8-11/h4-9H,2-3,10H2,1H3,(H,20,21,24). The van der Waals surface area contributed by atoms with Crippen LogP contribution in [0.5, 0.6) is 0 Å². The first kappa shape index (κ1) is 17.9. The van der Waals surface area contributed by atoms with Crippen LogP contribution in [0.3, 0.4) is 0 Å². The van der Waals surface area contributed by atoms with Gasteiger partial charge in [0.1, 0.15) is 5.69 Å². The maximum absolute atomic E-state index is 12.6. The molecule has 5 nitrogen and oxygen atoms in total. The third kappa shape index (κ3) is 4.39. The van der Waals surface area contributed by atoms with E-state index in [0.717, 1.165) is 24.1 Å². The third-order valence-corrected chi connectivity index (χ3v) is 4.97. The summed E-state index contributed by atoms with van der Waals surface area (Å²) in [5, 5.41) is 10.7. The van der Waals surface area contributed by atoms with Crippen LogP contribution in [0.1, 0.15) is 35.1 Å². The molecule has 2 aromatic heterocycles. The van der Waals surface area contributed by atoms with Gasteiger partial charge in [0.2, 0.25) is 0 Å². The number of nitrogens with zero attached hydrogens (tertiary/aromatic N) is 3. The summed E-state index contributed by atoms with van der Waals surface area (Å²) in [4.78, 5) is 16.7. The first-order valence-corrected chi connectivity index (χ1v) is 9.42. The average Bonchev–Trinajstić information content (AvgIpc) is 3.21. The van der Waals surface area contributed by atoms with Crippen molar-refractivity contribution in [2.75, 3.05) is 5.32 Å². The fraction of sp³-hybridized carbons (Fsp3) is 0.235. The second-order valence-electron chi connectivity index (χ2n) is 5.47. The van der Waals surface area contributed by atoms with Crippen LogP contribution in [0.25, 0.3) is 0 Å². The Hall–Kier alpha value is -1.89. The summed E-state index contributed by atoms with van der Waals surface area (Å²) in [5.41, 5.74) is 2.29. The van der Waals surface area contributed by atoms with Crippen molar-refractivity contribution in [3.8, 4) is 0 Å². The SMILES string of the molecule is CCCc1cc(C(=O)Nc2nccs2)n(Cc2ccc(Cl)c(Cl)c2)n1. The Morgan fingerprint density at radius 1 is 1.28 bits per heavy atom. The van der Waals surface area contributed by atoms with Crippen molar-refractivity contribution in [1.29, 1.82) is 0 Å². The quantitative estimate of drug-likeness (QED) is 0.646. The van der Waals surface area contributed by atoms with Gasteiger partial charge in [0.25, 0.3) is 5.91 Å². The van der Waals surface area contributed by atoms with Crippen molar-refractivity contribution in [1.82, 2.24) is 14.8 Å². The van der Waals surface area contributed by atoms with E-state index in [1.807, 2.05) is 17.5 Å². The first-order chi connectivity index (χ1) is 12.1. The van der Waals surface area contributed by atoms with Gasteiger partial charge in [-0.2, -0.15) is 5.10 Å². The Labute approximate surface area is 159 Å². The number of amides is 1. The molecule has 0 fully saturated rings. The number of carbonyl (C=O) groups is 1. The molecule has 0 spiro atoms. The largest absolute Gasteiger partial charge is 0.297 e. The Morgan fingerprint density at radius 3 is 2.80 bits per heavy atom. The lowest BCUT2D eigenvalue weighted by Crippen LogP contribution is -2.18. The van der Waals surface area contributed by atoms with Crippen LogP contribution in [-0.4, -0.2) is 20.7 Å². The van der Waals surface area contributed by atoms with E-state index >= 15 is 0 Å². The summed E-state index contributed by atoms with van der Waals surface area (Å²) in [6, 6.07) is 7.22. The van der Waals surface area contributed by atoms with Crippen molar-refractivity contribution >= 4 is 45.6 Å². The molecule has 3 aromatic rings. The van der Waals surface area contributed by atoms with E-state index in [2.05, 4.69) is 22.3 Å². The summed E-state index contributed by atoms with van der Waals surface area (Å²) in [6.07, 6.45) is 3.42. The topological polar surface area (TPSA) is 59.8 Å². The zero-order valence-electron chi connectivity index (χ0n) is 13.5. The first-order valence-electron chi connectivity index (χ1n) is 7.78. The van der Waals surface area contributed by atoms with Gasteiger partial charge < -0.3 is 0 Å². The second-order valence-corrected chi connectivity index (χ2v) is 7.18. The van der Waals surface area contributed by atoms with E-state index in [1.165, 1.54) is 11.3 Å². The van der Waals surface area contributed by atoms with Crippen molar-refractivity contribution in [2.45, 2.75) is 26.3 Å². The van der Waals surface area contributed by atoms with Gasteiger partial charge in [0, 0.05) is 11.6 Å². The minimum Gasteiger partial charge on any atom is -0.297 e. The predicted molar refractivity (Wildman–Crippen MR) is 102 cm³/mol. The summed E-state index contributed by atoms with van der Waals surface area (Å²) >= 11 is 13.4. The number of benzene rings is 1. The molecule has 1 aromatic carbocycles. The molecule has 0 saturated carbocycles. The van der Waals surface area contributed by atoms with Gasteiger partial charge in [0.15, 0.2) is 5.13 Å². The molecule has 0 aliphatic heterocycles. The highest BCUT2D eigenvalue weighted by Crippen LogP contribution is 2.23. The van der Waals surface area contributed by atoms with E-state index in [0.29, 0.717) is 27.4 Å². The van der Waals surface area contributed by atoms with Crippen LogP contribution < -0.4 is 5.32 Å². The van der Waals surface area contributed by atoms with Crippen molar-refractivity contribution in [2.24, 2.45) is 0 Å². The molecule has 0 saturated heterocycles. The molecular formula is C17H16Cl2N4OS. The smallest absolute Gasteiger partial charge is 0.275 e. The molecule has 8 heteroatoms. The van der Waals surface area contributed by atoms with Crippen LogP contribution in [0.4, 0.5) is 5.13 Å². The molecule has 0 bridgehead atoms. The Balaban J connectivity index is 1.88. The van der Waals surface area contributed by atoms with Gasteiger partial charge in [0.05, 0.1) is 22.3 Å². The summed E-state index contributed by atoms with van der Waals surface area (Å²) in [6.45, 7) is 2.51. The molecule has 0 aliphatic rings. The molecule has 3 rings (SSSR count). The van der Waals surface area contributed by atoms with Crippen molar-refractivity contribution < 1.29 is 4.79 Å². The molecule has 25 heavy (non-hydrogen) atoms. The monoisotopic (exact) mass is 394 g/mol. The number of thiazole rings is 1. The molecule has 0 radical (unpaired) electrons. The third-order valence-electron chi connectivity index (χ3n) is 3.54. The minimum absolute atomic E-state index is 0.232. The van der Waals surface area contributed by atoms with Crippen LogP contribution in [0, 0.1) is 0 Å². The number of anilines is 1. The van der Waals surface area contributed by atoms with E-state index in [-0.39, 0.29) is 5.91 Å². The van der Waals surface area contributed by atoms with Gasteiger partial charge in [-0.15, -0.1) is 11.3 Å². The summed E-state index contributed by atoms with van der Waals surface area (Å²) < 4.78 is 1.69. The molecule has 2 heterocycles. The lowest BCUT2D eigenvalue weighted by Gasteiger charge is -2.08. The molecule has 1 amide bonds. The van der Waals surface area contributed by atoms with Gasteiger partial charge in [-0.25, -0.2) is 4.98 Å². The minimum atomic E-state index is -0.232. The number of hydrogen-bond acceptors (Lipinski definition) is 4. The van der Waals surface area contributed by atoms with E-state index in [9.17, 15) is 4.79 Å². The Kier molecular flexibility index (Phi) is 5.73. The summed E-state index contributed by atoms with van der Waals surface area (Å²) in [7, 11) is 0. The lowest BCUT2D eigenvalue weighted by atomic mass is 10.2. The van der Waals surface area contributed by atoms with E-state index in [4.69, 9.17) is 23.2 Å². The molecule has 0 aliphatic carbocycles. The Morgan fingerprint density at radius 2 is 2.12 bits per heavy atom. The normalized spacial score (nSPS) is 10.8. The maximum Gasteiger partial charge on any atom is 0.275 e. The number of aromatic nitrogens is 3. The van der Waals surface area contributed by atoms with Gasteiger partial charge >= 0.3 is 0 Å². The van der Waals surface area contributed by atoms with Gasteiger partial charge in [-0.1, -0.05) is 42.6 Å². The second kappa shape index (κ2) is 7.99. The molecule has 0 atom stereocenters. The number of hydrogen-bond donors (Lipinski definition) is 1. The zero-order chi connectivity index (χ0) is 17.8. The van der Waals surface area contributed by atoms with E-state index < -0.39 is 0 Å². The number of halogens is 2. The molecular weight excluding hydrogens is 379 g/mol. The molecule has 0 unspecified atom stereocenters. The summed E-state index contributed by atoms with van der Waals surface area (Å²) in [5.74, 6) is -0.232. The maximum atomic E-state index is 12.6. The molecule has 1 N–H and O–H groups in total. The van der Waals surface area contributed by atoms with Crippen molar-refractivity contribution in [3.63, 3.8) is 0 Å². The highest BCUT2D eigenvalue weighted by atomic mass is 35.5. The number of carbonyl (C=O) groups excluding carboxylic acids is 1. The highest BCUT2D eigenvalue weighted by Gasteiger charge is 2.17. The van der Waals surface area contributed by atoms with Crippen LogP contribution in [0.2, 0.25) is 10.0 Å². The fourth-order valence-electron chi connectivity index (χ4n) is 2.41. The fourth-order valence-corrected chi connectivity index (χ4v) is 3.25. The number of nitrogens with one attached hydrogen (secondary N) is 1. The number of aryl methyl sites for hydroxylation is 1. The molecule has 130 valence electrons. The van der Waals surface area contributed by atoms with Crippen LogP contribution >= 0.6 is 34.5 Å². The lowest BCUT2D eigenvalue weighted by molar-refractivity contribution is 0.101. The van der Waals surface area contributed by atoms with Gasteiger partial charge in [-0.05, 0) is 30.2 Å². The highest BCUT2D eigenvalue weighted by molar-refractivity contribution is 7.13. The Bertz CT molecular complexity index is 877. The average molecular weight is 395 g/mol. The van der Waals surface area contributed by atoms with Gasteiger partial charge in [-0.3, -0.25) is 14.8 Å².